The average Bonchev–Trinajstić information content (AvgIpc) is 2.57. The maximum Gasteiger partial charge on any atom is 0.356 e. The Hall–Kier alpha value is -0.870. The van der Waals surface area contributed by atoms with E-state index in [-0.39, 0.29) is 0 Å². The SMILES string of the molecule is CCOC(=O)C1=NC=C(C)C1(C)OCCCCl. The molecular formula is C12H18ClNO3. The van der Waals surface area contributed by atoms with Crippen molar-refractivity contribution in [3.63, 3.8) is 0 Å². The Bertz CT molecular complexity index is 352. The predicted molar refractivity (Wildman–Crippen MR) is 67.5 cm³/mol. The number of alkyl halides is 1. The number of ether oxygens (including phenoxy) is 2. The molecule has 0 radical (unpaired) electrons. The maximum absolute atomic E-state index is 11.7. The molecule has 1 rings (SSSR count). The van der Waals surface area contributed by atoms with Gasteiger partial charge in [-0.15, -0.1) is 11.6 Å². The van der Waals surface area contributed by atoms with E-state index >= 15 is 0 Å². The first kappa shape index (κ1) is 14.2. The first-order valence-corrected chi connectivity index (χ1v) is 6.22. The average molecular weight is 260 g/mol. The molecule has 0 N–H and O–H groups in total. The Morgan fingerprint density at radius 2 is 2.29 bits per heavy atom. The van der Waals surface area contributed by atoms with Crippen molar-refractivity contribution in [1.82, 2.24) is 0 Å². The lowest BCUT2D eigenvalue weighted by Crippen LogP contribution is -2.43. The van der Waals surface area contributed by atoms with Crippen molar-refractivity contribution in [3.05, 3.63) is 11.8 Å². The second-order valence-electron chi connectivity index (χ2n) is 3.93. The van der Waals surface area contributed by atoms with Gasteiger partial charge in [0.15, 0.2) is 5.71 Å². The van der Waals surface area contributed by atoms with Crippen LogP contribution in [0.1, 0.15) is 27.2 Å². The van der Waals surface area contributed by atoms with Gasteiger partial charge in [0.05, 0.1) is 6.61 Å². The zero-order chi connectivity index (χ0) is 12.9. The molecule has 96 valence electrons. The zero-order valence-corrected chi connectivity index (χ0v) is 11.2. The summed E-state index contributed by atoms with van der Waals surface area (Å²) < 4.78 is 10.7. The molecule has 0 amide bonds. The Morgan fingerprint density at radius 3 is 2.88 bits per heavy atom. The standard InChI is InChI=1S/C12H18ClNO3/c1-4-16-11(15)10-12(3,9(2)8-14-10)17-7-5-6-13/h8H,4-7H2,1-3H3. The number of carbonyl (C=O) groups is 1. The van der Waals surface area contributed by atoms with Crippen LogP contribution >= 0.6 is 11.6 Å². The molecule has 0 saturated heterocycles. The highest BCUT2D eigenvalue weighted by atomic mass is 35.5. The van der Waals surface area contributed by atoms with Crippen molar-refractivity contribution in [2.75, 3.05) is 19.1 Å². The molecule has 1 aliphatic rings. The summed E-state index contributed by atoms with van der Waals surface area (Å²) in [6, 6.07) is 0. The van der Waals surface area contributed by atoms with E-state index in [0.717, 1.165) is 12.0 Å². The van der Waals surface area contributed by atoms with Crippen molar-refractivity contribution >= 4 is 23.3 Å². The van der Waals surface area contributed by atoms with E-state index in [1.54, 1.807) is 13.1 Å². The molecule has 0 bridgehead atoms. The van der Waals surface area contributed by atoms with Gasteiger partial charge in [0.1, 0.15) is 5.60 Å². The van der Waals surface area contributed by atoms with Gasteiger partial charge in [0.2, 0.25) is 0 Å². The molecule has 1 unspecified atom stereocenters. The van der Waals surface area contributed by atoms with Crippen LogP contribution in [0.2, 0.25) is 0 Å². The summed E-state index contributed by atoms with van der Waals surface area (Å²) >= 11 is 5.60. The molecule has 5 heteroatoms. The van der Waals surface area contributed by atoms with Gasteiger partial charge in [0, 0.05) is 18.7 Å². The normalized spacial score (nSPS) is 23.3. The van der Waals surface area contributed by atoms with Crippen LogP contribution in [0.5, 0.6) is 0 Å². The molecule has 17 heavy (non-hydrogen) atoms. The van der Waals surface area contributed by atoms with E-state index in [4.69, 9.17) is 21.1 Å². The molecule has 1 heterocycles. The molecule has 1 atom stereocenters. The molecule has 4 nitrogen and oxygen atoms in total. The van der Waals surface area contributed by atoms with Crippen LogP contribution in [0.4, 0.5) is 0 Å². The molecule has 0 spiro atoms. The molecule has 0 aromatic rings. The van der Waals surface area contributed by atoms with E-state index in [0.29, 0.717) is 24.8 Å². The molecule has 0 aromatic carbocycles. The van der Waals surface area contributed by atoms with Crippen LogP contribution in [0.15, 0.2) is 16.8 Å². The van der Waals surface area contributed by atoms with Gasteiger partial charge in [-0.3, -0.25) is 4.99 Å². The fourth-order valence-corrected chi connectivity index (χ4v) is 1.66. The minimum absolute atomic E-state index is 0.312. The third-order valence-electron chi connectivity index (χ3n) is 2.73. The van der Waals surface area contributed by atoms with Crippen LogP contribution in [0.3, 0.4) is 0 Å². The van der Waals surface area contributed by atoms with Gasteiger partial charge in [-0.2, -0.15) is 0 Å². The van der Waals surface area contributed by atoms with Gasteiger partial charge in [0.25, 0.3) is 0 Å². The minimum atomic E-state index is -0.779. The molecular weight excluding hydrogens is 242 g/mol. The molecule has 1 aliphatic heterocycles. The van der Waals surface area contributed by atoms with E-state index in [1.807, 2.05) is 13.8 Å². The Labute approximate surface area is 107 Å². The van der Waals surface area contributed by atoms with Gasteiger partial charge < -0.3 is 9.47 Å². The zero-order valence-electron chi connectivity index (χ0n) is 10.5. The second-order valence-corrected chi connectivity index (χ2v) is 4.31. The van der Waals surface area contributed by atoms with Gasteiger partial charge in [-0.25, -0.2) is 4.79 Å². The van der Waals surface area contributed by atoms with Crippen LogP contribution in [0, 0.1) is 0 Å². The molecule has 0 fully saturated rings. The topological polar surface area (TPSA) is 47.9 Å². The van der Waals surface area contributed by atoms with Crippen LogP contribution in [-0.4, -0.2) is 36.4 Å². The van der Waals surface area contributed by atoms with E-state index in [1.165, 1.54) is 0 Å². The summed E-state index contributed by atoms with van der Waals surface area (Å²) in [5.74, 6) is 0.110. The van der Waals surface area contributed by atoms with Crippen molar-refractivity contribution < 1.29 is 14.3 Å². The number of rotatable bonds is 6. The number of nitrogens with zero attached hydrogens (tertiary/aromatic N) is 1. The van der Waals surface area contributed by atoms with E-state index in [9.17, 15) is 4.79 Å². The smallest absolute Gasteiger partial charge is 0.356 e. The Kier molecular flexibility index (Phi) is 5.15. The third kappa shape index (κ3) is 3.07. The Morgan fingerprint density at radius 1 is 1.59 bits per heavy atom. The second kappa shape index (κ2) is 6.17. The summed E-state index contributed by atoms with van der Waals surface area (Å²) in [5, 5.41) is 0. The molecule has 0 aliphatic carbocycles. The number of hydrogen-bond acceptors (Lipinski definition) is 4. The third-order valence-corrected chi connectivity index (χ3v) is 3.00. The van der Waals surface area contributed by atoms with Crippen molar-refractivity contribution in [2.24, 2.45) is 4.99 Å². The lowest BCUT2D eigenvalue weighted by Gasteiger charge is -2.27. The predicted octanol–water partition coefficient (Wildman–Crippen LogP) is 2.31. The number of esters is 1. The summed E-state index contributed by atoms with van der Waals surface area (Å²) in [6.45, 7) is 6.30. The maximum atomic E-state index is 11.7. The first-order chi connectivity index (χ1) is 8.06. The van der Waals surface area contributed by atoms with Crippen molar-refractivity contribution in [1.29, 1.82) is 0 Å². The summed E-state index contributed by atoms with van der Waals surface area (Å²) in [6.07, 6.45) is 2.38. The fraction of sp³-hybridized carbons (Fsp3) is 0.667. The van der Waals surface area contributed by atoms with Crippen molar-refractivity contribution in [2.45, 2.75) is 32.8 Å². The number of halogens is 1. The van der Waals surface area contributed by atoms with Gasteiger partial charge in [-0.1, -0.05) is 0 Å². The highest BCUT2D eigenvalue weighted by Gasteiger charge is 2.41. The van der Waals surface area contributed by atoms with Crippen LogP contribution in [0.25, 0.3) is 0 Å². The van der Waals surface area contributed by atoms with Crippen LogP contribution in [-0.2, 0) is 14.3 Å². The van der Waals surface area contributed by atoms with Gasteiger partial charge in [-0.05, 0) is 32.8 Å². The largest absolute Gasteiger partial charge is 0.461 e. The van der Waals surface area contributed by atoms with E-state index in [2.05, 4.69) is 4.99 Å². The number of carbonyl (C=O) groups excluding carboxylic acids is 1. The summed E-state index contributed by atoms with van der Waals surface area (Å²) in [5.41, 5.74) is 0.430. The first-order valence-electron chi connectivity index (χ1n) is 5.68. The van der Waals surface area contributed by atoms with Crippen LogP contribution < -0.4 is 0 Å². The summed E-state index contributed by atoms with van der Waals surface area (Å²) in [7, 11) is 0. The van der Waals surface area contributed by atoms with Crippen molar-refractivity contribution in [3.8, 4) is 0 Å². The number of hydrogen-bond donors (Lipinski definition) is 0. The lowest BCUT2D eigenvalue weighted by atomic mass is 9.94. The van der Waals surface area contributed by atoms with E-state index < -0.39 is 11.6 Å². The minimum Gasteiger partial charge on any atom is -0.461 e. The molecule has 0 saturated carbocycles. The molecule has 0 aromatic heterocycles. The fourth-order valence-electron chi connectivity index (χ4n) is 1.55. The number of aliphatic imine (C=N–C) groups is 1. The lowest BCUT2D eigenvalue weighted by molar-refractivity contribution is -0.136. The van der Waals surface area contributed by atoms with Gasteiger partial charge >= 0.3 is 5.97 Å². The highest BCUT2D eigenvalue weighted by Crippen LogP contribution is 2.29. The Balaban J connectivity index is 2.75. The monoisotopic (exact) mass is 259 g/mol. The summed E-state index contributed by atoms with van der Waals surface area (Å²) in [4.78, 5) is 15.8. The highest BCUT2D eigenvalue weighted by molar-refractivity contribution is 6.41. The quantitative estimate of drug-likeness (QED) is 0.418.